The molecule has 0 aliphatic carbocycles. The molecule has 0 amide bonds. The lowest BCUT2D eigenvalue weighted by Crippen LogP contribution is -2.08. The number of hydrogen-bond donors (Lipinski definition) is 1. The third kappa shape index (κ3) is 2.64. The number of hydrogen-bond acceptors (Lipinski definition) is 3. The fourth-order valence-electron chi connectivity index (χ4n) is 1.40. The van der Waals surface area contributed by atoms with Crippen LogP contribution in [0.2, 0.25) is 5.02 Å². The molecule has 0 atom stereocenters. The first-order valence-electron chi connectivity index (χ1n) is 4.77. The molecule has 2 aromatic rings. The van der Waals surface area contributed by atoms with Crippen molar-refractivity contribution in [2.24, 2.45) is 0 Å². The Morgan fingerprint density at radius 1 is 1.47 bits per heavy atom. The van der Waals surface area contributed by atoms with E-state index in [2.05, 4.69) is 41.9 Å². The molecular weight excluding hydrogens is 371 g/mol. The monoisotopic (exact) mass is 378 g/mol. The molecule has 0 aliphatic heterocycles. The Kier molecular flexibility index (Phi) is 3.75. The molecule has 4 nitrogen and oxygen atoms in total. The molecule has 0 spiro atoms. The number of nitrogens with two attached hydrogens (primary N) is 1. The third-order valence-corrected chi connectivity index (χ3v) is 3.86. The lowest BCUT2D eigenvalue weighted by molar-refractivity contribution is 0.673. The molecule has 0 aromatic carbocycles. The smallest absolute Gasteiger partial charge is 0.141 e. The first-order chi connectivity index (χ1) is 7.99. The summed E-state index contributed by atoms with van der Waals surface area (Å²) < 4.78 is 3.45. The van der Waals surface area contributed by atoms with Crippen molar-refractivity contribution >= 4 is 49.3 Å². The van der Waals surface area contributed by atoms with Crippen LogP contribution in [0.25, 0.3) is 0 Å². The van der Waals surface area contributed by atoms with Gasteiger partial charge in [0.15, 0.2) is 0 Å². The maximum absolute atomic E-state index is 5.98. The van der Waals surface area contributed by atoms with E-state index in [4.69, 9.17) is 17.3 Å². The van der Waals surface area contributed by atoms with Crippen molar-refractivity contribution in [2.75, 3.05) is 5.73 Å². The van der Waals surface area contributed by atoms with E-state index < -0.39 is 0 Å². The van der Waals surface area contributed by atoms with Crippen LogP contribution in [0, 0.1) is 6.92 Å². The minimum atomic E-state index is 0.459. The van der Waals surface area contributed by atoms with Crippen LogP contribution in [0.3, 0.4) is 0 Å². The van der Waals surface area contributed by atoms with Crippen LogP contribution in [-0.4, -0.2) is 14.8 Å². The van der Waals surface area contributed by atoms with Gasteiger partial charge in [0.2, 0.25) is 0 Å². The largest absolute Gasteiger partial charge is 0.383 e. The van der Waals surface area contributed by atoms with Crippen molar-refractivity contribution in [3.8, 4) is 0 Å². The van der Waals surface area contributed by atoms with Crippen molar-refractivity contribution in [3.63, 3.8) is 0 Å². The van der Waals surface area contributed by atoms with Gasteiger partial charge >= 0.3 is 0 Å². The van der Waals surface area contributed by atoms with Gasteiger partial charge in [-0.2, -0.15) is 5.10 Å². The summed E-state index contributed by atoms with van der Waals surface area (Å²) in [6.07, 6.45) is 1.73. The molecule has 0 radical (unpaired) electrons. The highest BCUT2D eigenvalue weighted by molar-refractivity contribution is 9.11. The summed E-state index contributed by atoms with van der Waals surface area (Å²) >= 11 is 12.8. The van der Waals surface area contributed by atoms with E-state index >= 15 is 0 Å². The van der Waals surface area contributed by atoms with Gasteiger partial charge in [0.25, 0.3) is 0 Å². The number of rotatable bonds is 2. The van der Waals surface area contributed by atoms with Gasteiger partial charge in [-0.25, -0.2) is 4.68 Å². The zero-order valence-electron chi connectivity index (χ0n) is 8.91. The van der Waals surface area contributed by atoms with Crippen molar-refractivity contribution in [3.05, 3.63) is 37.6 Å². The van der Waals surface area contributed by atoms with Gasteiger partial charge in [-0.1, -0.05) is 11.6 Å². The van der Waals surface area contributed by atoms with Gasteiger partial charge in [0.1, 0.15) is 10.8 Å². The highest BCUT2D eigenvalue weighted by Gasteiger charge is 2.12. The first-order valence-corrected chi connectivity index (χ1v) is 6.73. The van der Waals surface area contributed by atoms with E-state index in [-0.39, 0.29) is 0 Å². The van der Waals surface area contributed by atoms with Crippen LogP contribution in [0.15, 0.2) is 21.2 Å². The number of nitrogens with zero attached hydrogens (tertiary/aromatic N) is 3. The predicted molar refractivity (Wildman–Crippen MR) is 75.1 cm³/mol. The van der Waals surface area contributed by atoms with Crippen LogP contribution in [-0.2, 0) is 6.54 Å². The Morgan fingerprint density at radius 3 is 2.71 bits per heavy atom. The maximum Gasteiger partial charge on any atom is 0.141 e. The summed E-state index contributed by atoms with van der Waals surface area (Å²) in [7, 11) is 0. The normalized spacial score (nSPS) is 10.8. The van der Waals surface area contributed by atoms with Crippen molar-refractivity contribution in [1.82, 2.24) is 14.8 Å². The van der Waals surface area contributed by atoms with E-state index in [0.29, 0.717) is 17.4 Å². The van der Waals surface area contributed by atoms with Crippen molar-refractivity contribution in [1.29, 1.82) is 0 Å². The second-order valence-corrected chi connectivity index (χ2v) is 5.67. The molecule has 2 heterocycles. The van der Waals surface area contributed by atoms with E-state index in [0.717, 1.165) is 20.3 Å². The van der Waals surface area contributed by atoms with E-state index in [1.807, 2.05) is 13.0 Å². The molecule has 0 saturated heterocycles. The minimum Gasteiger partial charge on any atom is -0.383 e. The van der Waals surface area contributed by atoms with Gasteiger partial charge in [0, 0.05) is 15.1 Å². The standard InChI is InChI=1S/C10H9Br2ClN4/c1-5-9(13)10(14)17(16-5)4-8-7(12)2-6(11)3-15-8/h2-3H,4,14H2,1H3. The van der Waals surface area contributed by atoms with Gasteiger partial charge in [-0.15, -0.1) is 0 Å². The third-order valence-electron chi connectivity index (χ3n) is 2.27. The number of nitrogen functional groups attached to an aromatic ring is 1. The fourth-order valence-corrected chi connectivity index (χ4v) is 2.65. The van der Waals surface area contributed by atoms with E-state index in [1.165, 1.54) is 0 Å². The topological polar surface area (TPSA) is 56.7 Å². The van der Waals surface area contributed by atoms with E-state index in [9.17, 15) is 0 Å². The van der Waals surface area contributed by atoms with Crippen LogP contribution in [0.4, 0.5) is 5.82 Å². The lowest BCUT2D eigenvalue weighted by Gasteiger charge is -2.06. The quantitative estimate of drug-likeness (QED) is 0.869. The molecule has 90 valence electrons. The molecule has 0 aliphatic rings. The van der Waals surface area contributed by atoms with Gasteiger partial charge < -0.3 is 5.73 Å². The number of anilines is 1. The molecule has 7 heteroatoms. The second-order valence-electron chi connectivity index (χ2n) is 3.52. The number of aromatic nitrogens is 3. The highest BCUT2D eigenvalue weighted by Crippen LogP contribution is 2.25. The summed E-state index contributed by atoms with van der Waals surface area (Å²) in [5, 5.41) is 4.75. The molecule has 17 heavy (non-hydrogen) atoms. The first kappa shape index (κ1) is 12.9. The molecule has 2 N–H and O–H groups in total. The molecule has 2 rings (SSSR count). The number of aryl methyl sites for hydroxylation is 1. The summed E-state index contributed by atoms with van der Waals surface area (Å²) in [4.78, 5) is 4.30. The summed E-state index contributed by atoms with van der Waals surface area (Å²) in [5.74, 6) is 0.459. The van der Waals surface area contributed by atoms with Crippen LogP contribution in [0.5, 0.6) is 0 Å². The SMILES string of the molecule is Cc1nn(Cc2ncc(Br)cc2Br)c(N)c1Cl. The van der Waals surface area contributed by atoms with E-state index in [1.54, 1.807) is 10.9 Å². The Hall–Kier alpha value is -0.590. The zero-order chi connectivity index (χ0) is 12.6. The average molecular weight is 380 g/mol. The van der Waals surface area contributed by atoms with Gasteiger partial charge in [-0.3, -0.25) is 4.98 Å². The predicted octanol–water partition coefficient (Wildman–Crippen LogP) is 3.40. The zero-order valence-corrected chi connectivity index (χ0v) is 12.8. The van der Waals surface area contributed by atoms with Crippen LogP contribution in [0.1, 0.15) is 11.4 Å². The van der Waals surface area contributed by atoms with Gasteiger partial charge in [-0.05, 0) is 44.8 Å². The molecule has 0 bridgehead atoms. The van der Waals surface area contributed by atoms with Gasteiger partial charge in [0.05, 0.1) is 17.9 Å². The minimum absolute atomic E-state index is 0.459. The van der Waals surface area contributed by atoms with Crippen molar-refractivity contribution < 1.29 is 0 Å². The summed E-state index contributed by atoms with van der Waals surface area (Å²) in [6, 6.07) is 1.93. The Bertz CT molecular complexity index is 568. The lowest BCUT2D eigenvalue weighted by atomic mass is 10.3. The maximum atomic E-state index is 5.98. The van der Waals surface area contributed by atoms with Crippen molar-refractivity contribution in [2.45, 2.75) is 13.5 Å². The highest BCUT2D eigenvalue weighted by atomic mass is 79.9. The Labute approximate surface area is 120 Å². The van der Waals surface area contributed by atoms with Crippen LogP contribution >= 0.6 is 43.5 Å². The number of pyridine rings is 1. The second kappa shape index (κ2) is 4.96. The average Bonchev–Trinajstić information content (AvgIpc) is 2.50. The van der Waals surface area contributed by atoms with Crippen LogP contribution < -0.4 is 5.73 Å². The fraction of sp³-hybridized carbons (Fsp3) is 0.200. The molecule has 2 aromatic heterocycles. The Balaban J connectivity index is 2.34. The number of halogens is 3. The molecular formula is C10H9Br2ClN4. The summed E-state index contributed by atoms with van der Waals surface area (Å²) in [6.45, 7) is 2.30. The molecule has 0 unspecified atom stereocenters. The molecule has 0 saturated carbocycles. The molecule has 0 fully saturated rings. The Morgan fingerprint density at radius 2 is 2.18 bits per heavy atom. The summed E-state index contributed by atoms with van der Waals surface area (Å²) in [5.41, 5.74) is 7.41.